The van der Waals surface area contributed by atoms with E-state index in [1.165, 1.54) is 11.6 Å². The molecule has 0 saturated carbocycles. The van der Waals surface area contributed by atoms with Crippen LogP contribution in [0.1, 0.15) is 40.6 Å². The average Bonchev–Trinajstić information content (AvgIpc) is 3.11. The normalized spacial score (nSPS) is 17.2. The molecule has 1 unspecified atom stereocenters. The number of para-hydroxylation sites is 1. The number of nitrogens with zero attached hydrogens (tertiary/aromatic N) is 1. The molecule has 4 nitrogen and oxygen atoms in total. The summed E-state index contributed by atoms with van der Waals surface area (Å²) in [5.74, 6) is -0.103. The Morgan fingerprint density at radius 2 is 1.88 bits per heavy atom. The van der Waals surface area contributed by atoms with Crippen LogP contribution in [0.15, 0.2) is 63.8 Å². The highest BCUT2D eigenvalue weighted by molar-refractivity contribution is 5.93. The first kappa shape index (κ1) is 15.6. The van der Waals surface area contributed by atoms with Gasteiger partial charge in [-0.1, -0.05) is 42.0 Å². The van der Waals surface area contributed by atoms with Crippen molar-refractivity contribution in [1.82, 2.24) is 4.90 Å². The van der Waals surface area contributed by atoms with Gasteiger partial charge in [0, 0.05) is 12.6 Å². The minimum Gasteiger partial charge on any atom is -0.451 e. The quantitative estimate of drug-likeness (QED) is 0.710. The van der Waals surface area contributed by atoms with Crippen LogP contribution in [0, 0.1) is 6.92 Å². The molecule has 25 heavy (non-hydrogen) atoms. The topological polar surface area (TPSA) is 50.5 Å². The molecule has 1 aromatic heterocycles. The van der Waals surface area contributed by atoms with Gasteiger partial charge in [-0.25, -0.2) is 0 Å². The lowest BCUT2D eigenvalue weighted by molar-refractivity contribution is 0.0704. The van der Waals surface area contributed by atoms with Crippen molar-refractivity contribution in [2.45, 2.75) is 25.8 Å². The highest BCUT2D eigenvalue weighted by Gasteiger charge is 2.32. The summed E-state index contributed by atoms with van der Waals surface area (Å²) < 4.78 is 5.73. The van der Waals surface area contributed by atoms with E-state index in [9.17, 15) is 9.59 Å². The smallest absolute Gasteiger partial charge is 0.290 e. The highest BCUT2D eigenvalue weighted by Crippen LogP contribution is 2.33. The predicted molar refractivity (Wildman–Crippen MR) is 96.7 cm³/mol. The molecule has 0 spiro atoms. The molecule has 1 amide bonds. The van der Waals surface area contributed by atoms with Crippen LogP contribution in [0.5, 0.6) is 0 Å². The molecule has 0 radical (unpaired) electrons. The lowest BCUT2D eigenvalue weighted by Crippen LogP contribution is -2.31. The van der Waals surface area contributed by atoms with Crippen LogP contribution in [0.2, 0.25) is 0 Å². The van der Waals surface area contributed by atoms with E-state index in [4.69, 9.17) is 4.42 Å². The van der Waals surface area contributed by atoms with Gasteiger partial charge in [-0.2, -0.15) is 0 Å². The van der Waals surface area contributed by atoms with Crippen molar-refractivity contribution >= 4 is 16.9 Å². The molecule has 1 fully saturated rings. The maximum absolute atomic E-state index is 13.0. The number of carbonyl (C=O) groups is 1. The Morgan fingerprint density at radius 1 is 1.12 bits per heavy atom. The van der Waals surface area contributed by atoms with Crippen LogP contribution in [-0.4, -0.2) is 17.4 Å². The molecule has 3 aromatic rings. The number of hydrogen-bond acceptors (Lipinski definition) is 3. The van der Waals surface area contributed by atoms with E-state index in [1.807, 2.05) is 11.8 Å². The Kier molecular flexibility index (Phi) is 3.88. The molecule has 2 aromatic carbocycles. The van der Waals surface area contributed by atoms with Crippen molar-refractivity contribution in [2.24, 2.45) is 0 Å². The first-order valence-corrected chi connectivity index (χ1v) is 8.54. The molecule has 2 heterocycles. The summed E-state index contributed by atoms with van der Waals surface area (Å²) in [6, 6.07) is 16.6. The number of carbonyl (C=O) groups excluding carboxylic acids is 1. The predicted octanol–water partition coefficient (Wildman–Crippen LogP) is 4.08. The van der Waals surface area contributed by atoms with Crippen LogP contribution in [-0.2, 0) is 0 Å². The van der Waals surface area contributed by atoms with Gasteiger partial charge < -0.3 is 9.32 Å². The van der Waals surface area contributed by atoms with Gasteiger partial charge in [-0.3, -0.25) is 9.59 Å². The third-order valence-electron chi connectivity index (χ3n) is 4.82. The number of benzene rings is 2. The molecular formula is C21H19NO3. The Balaban J connectivity index is 1.70. The Morgan fingerprint density at radius 3 is 2.68 bits per heavy atom. The lowest BCUT2D eigenvalue weighted by Gasteiger charge is -2.24. The zero-order chi connectivity index (χ0) is 17.4. The molecule has 1 aliphatic heterocycles. The lowest BCUT2D eigenvalue weighted by atomic mass is 10.0. The van der Waals surface area contributed by atoms with Gasteiger partial charge in [0.15, 0.2) is 11.2 Å². The summed E-state index contributed by atoms with van der Waals surface area (Å²) in [7, 11) is 0. The Hall–Kier alpha value is -2.88. The molecule has 0 bridgehead atoms. The fourth-order valence-electron chi connectivity index (χ4n) is 3.50. The van der Waals surface area contributed by atoms with Gasteiger partial charge in [0.05, 0.1) is 11.4 Å². The van der Waals surface area contributed by atoms with Crippen molar-refractivity contribution in [3.05, 3.63) is 81.7 Å². The maximum atomic E-state index is 13.0. The fourth-order valence-corrected chi connectivity index (χ4v) is 3.50. The van der Waals surface area contributed by atoms with Gasteiger partial charge >= 0.3 is 0 Å². The maximum Gasteiger partial charge on any atom is 0.290 e. The van der Waals surface area contributed by atoms with E-state index in [1.54, 1.807) is 24.3 Å². The van der Waals surface area contributed by atoms with Gasteiger partial charge in [0.25, 0.3) is 5.91 Å². The fraction of sp³-hybridized carbons (Fsp3) is 0.238. The van der Waals surface area contributed by atoms with Crippen molar-refractivity contribution in [3.8, 4) is 0 Å². The van der Waals surface area contributed by atoms with E-state index in [-0.39, 0.29) is 23.1 Å². The number of amides is 1. The standard InChI is InChI=1S/C21H19NO3/c1-14-8-10-15(11-9-14)17-6-4-12-22(17)21(24)20-13-18(23)16-5-2-3-7-19(16)25-20/h2-3,5,7-11,13,17H,4,6,12H2,1H3. The van der Waals surface area contributed by atoms with E-state index in [2.05, 4.69) is 24.3 Å². The minimum atomic E-state index is -0.217. The monoisotopic (exact) mass is 333 g/mol. The van der Waals surface area contributed by atoms with E-state index >= 15 is 0 Å². The summed E-state index contributed by atoms with van der Waals surface area (Å²) >= 11 is 0. The minimum absolute atomic E-state index is 0.0323. The van der Waals surface area contributed by atoms with E-state index in [0.29, 0.717) is 17.5 Å². The van der Waals surface area contributed by atoms with Gasteiger partial charge in [0.2, 0.25) is 0 Å². The Bertz CT molecular complexity index is 988. The third kappa shape index (κ3) is 2.84. The summed E-state index contributed by atoms with van der Waals surface area (Å²) in [5.41, 5.74) is 2.58. The van der Waals surface area contributed by atoms with Crippen molar-refractivity contribution < 1.29 is 9.21 Å². The number of fused-ring (bicyclic) bond motifs is 1. The first-order chi connectivity index (χ1) is 12.1. The number of aryl methyl sites for hydroxylation is 1. The molecule has 0 aliphatic carbocycles. The van der Waals surface area contributed by atoms with Gasteiger partial charge in [-0.15, -0.1) is 0 Å². The SMILES string of the molecule is Cc1ccc(C2CCCN2C(=O)c2cc(=O)c3ccccc3o2)cc1. The summed E-state index contributed by atoms with van der Waals surface area (Å²) in [4.78, 5) is 27.1. The van der Waals surface area contributed by atoms with Gasteiger partial charge in [0.1, 0.15) is 5.58 Å². The number of likely N-dealkylation sites (tertiary alicyclic amines) is 1. The number of rotatable bonds is 2. The molecular weight excluding hydrogens is 314 g/mol. The second-order valence-electron chi connectivity index (χ2n) is 6.54. The van der Waals surface area contributed by atoms with Crippen LogP contribution in [0.25, 0.3) is 11.0 Å². The molecule has 1 aliphatic rings. The van der Waals surface area contributed by atoms with Crippen molar-refractivity contribution in [1.29, 1.82) is 0 Å². The highest BCUT2D eigenvalue weighted by atomic mass is 16.3. The molecule has 4 heteroatoms. The van der Waals surface area contributed by atoms with Crippen molar-refractivity contribution in [3.63, 3.8) is 0 Å². The second kappa shape index (κ2) is 6.20. The number of hydrogen-bond donors (Lipinski definition) is 0. The third-order valence-corrected chi connectivity index (χ3v) is 4.82. The molecule has 1 atom stereocenters. The molecule has 126 valence electrons. The Labute approximate surface area is 145 Å². The average molecular weight is 333 g/mol. The van der Waals surface area contributed by atoms with Crippen molar-refractivity contribution in [2.75, 3.05) is 6.54 Å². The van der Waals surface area contributed by atoms with Crippen LogP contribution < -0.4 is 5.43 Å². The van der Waals surface area contributed by atoms with E-state index in [0.717, 1.165) is 18.4 Å². The molecule has 1 saturated heterocycles. The second-order valence-corrected chi connectivity index (χ2v) is 6.54. The van der Waals surface area contributed by atoms with Crippen LogP contribution >= 0.6 is 0 Å². The van der Waals surface area contributed by atoms with Gasteiger partial charge in [-0.05, 0) is 37.5 Å². The van der Waals surface area contributed by atoms with E-state index < -0.39 is 0 Å². The first-order valence-electron chi connectivity index (χ1n) is 8.54. The molecule has 4 rings (SSSR count). The largest absolute Gasteiger partial charge is 0.451 e. The van der Waals surface area contributed by atoms with Crippen LogP contribution in [0.4, 0.5) is 0 Å². The summed E-state index contributed by atoms with van der Waals surface area (Å²) in [5, 5.41) is 0.496. The zero-order valence-corrected chi connectivity index (χ0v) is 14.1. The van der Waals surface area contributed by atoms with Crippen LogP contribution in [0.3, 0.4) is 0 Å². The molecule has 0 N–H and O–H groups in total. The summed E-state index contributed by atoms with van der Waals surface area (Å²) in [6.07, 6.45) is 1.87. The summed E-state index contributed by atoms with van der Waals surface area (Å²) in [6.45, 7) is 2.72. The zero-order valence-electron chi connectivity index (χ0n) is 14.1.